The van der Waals surface area contributed by atoms with Crippen molar-refractivity contribution in [2.75, 3.05) is 100 Å². The summed E-state index contributed by atoms with van der Waals surface area (Å²) in [5, 5.41) is 12.3. The van der Waals surface area contributed by atoms with E-state index >= 15 is 0 Å². The van der Waals surface area contributed by atoms with E-state index in [1.807, 2.05) is 13.8 Å². The lowest BCUT2D eigenvalue weighted by molar-refractivity contribution is -0.292. The summed E-state index contributed by atoms with van der Waals surface area (Å²) in [5.41, 5.74) is -5.04. The number of carbonyl (C=O) groups is 6. The highest BCUT2D eigenvalue weighted by Crippen LogP contribution is 2.58. The van der Waals surface area contributed by atoms with Crippen molar-refractivity contribution in [3.05, 3.63) is 0 Å². The summed E-state index contributed by atoms with van der Waals surface area (Å²) < 4.78 is 34.1. The molecule has 0 unspecified atom stereocenters. The molecule has 0 aromatic rings. The molecule has 0 bridgehead atoms. The van der Waals surface area contributed by atoms with E-state index in [0.29, 0.717) is 64.6 Å². The van der Waals surface area contributed by atoms with E-state index in [9.17, 15) is 33.9 Å². The number of ether oxygens (including phenoxy) is 6. The summed E-state index contributed by atoms with van der Waals surface area (Å²) >= 11 is 0. The van der Waals surface area contributed by atoms with E-state index in [1.165, 1.54) is 19.6 Å². The van der Waals surface area contributed by atoms with Gasteiger partial charge >= 0.3 is 36.2 Å². The quantitative estimate of drug-likeness (QED) is 0.215. The van der Waals surface area contributed by atoms with Crippen LogP contribution in [0.15, 0.2) is 0 Å². The first-order valence-electron chi connectivity index (χ1n) is 22.3. The number of amides is 12. The Balaban J connectivity index is 0.758. The molecule has 0 aromatic heterocycles. The van der Waals surface area contributed by atoms with Crippen molar-refractivity contribution in [1.29, 1.82) is 0 Å². The number of hydrogen-bond donors (Lipinski definition) is 1. The highest BCUT2D eigenvalue weighted by molar-refractivity contribution is 5.90. The predicted octanol–water partition coefficient (Wildman–Crippen LogP) is 0.0635. The molecule has 64 heavy (non-hydrogen) atoms. The first-order valence-corrected chi connectivity index (χ1v) is 22.3. The smallest absolute Gasteiger partial charge is 0.329 e. The van der Waals surface area contributed by atoms with Crippen molar-refractivity contribution in [2.24, 2.45) is 0 Å². The van der Waals surface area contributed by atoms with Crippen molar-refractivity contribution in [1.82, 2.24) is 63.7 Å². The molecule has 0 aromatic carbocycles. The third kappa shape index (κ3) is 4.44. The second-order valence-corrected chi connectivity index (χ2v) is 18.9. The molecule has 0 saturated carbocycles. The summed E-state index contributed by atoms with van der Waals surface area (Å²) in [6.07, 6.45) is 5.53. The molecule has 1 N–H and O–H groups in total. The molecule has 26 heteroatoms. The average molecular weight is 902 g/mol. The van der Waals surface area contributed by atoms with Crippen molar-refractivity contribution in [3.8, 4) is 0 Å². The lowest BCUT2D eigenvalue weighted by Gasteiger charge is -2.50. The van der Waals surface area contributed by atoms with Crippen LogP contribution in [0.25, 0.3) is 0 Å². The fourth-order valence-electron chi connectivity index (χ4n) is 13.6. The Morgan fingerprint density at radius 1 is 0.375 bits per heavy atom. The molecular formula is C38H55N13O13. The van der Waals surface area contributed by atoms with E-state index in [-0.39, 0.29) is 105 Å². The van der Waals surface area contributed by atoms with Crippen LogP contribution >= 0.6 is 0 Å². The first kappa shape index (κ1) is 40.8. The molecular weight excluding hydrogens is 846 g/mol. The second kappa shape index (κ2) is 13.7. The van der Waals surface area contributed by atoms with Gasteiger partial charge in [-0.3, -0.25) is 58.8 Å². The van der Waals surface area contributed by atoms with Gasteiger partial charge in [0.05, 0.1) is 0 Å². The normalized spacial score (nSPS) is 37.9. The van der Waals surface area contributed by atoms with Crippen LogP contribution < -0.4 is 0 Å². The van der Waals surface area contributed by atoms with Crippen LogP contribution in [0, 0.1) is 0 Å². The maximum absolute atomic E-state index is 13.8. The Morgan fingerprint density at radius 3 is 0.922 bits per heavy atom. The fourth-order valence-corrected chi connectivity index (χ4v) is 13.6. The van der Waals surface area contributed by atoms with Gasteiger partial charge in [0.1, 0.15) is 80.8 Å². The summed E-state index contributed by atoms with van der Waals surface area (Å²) in [6, 6.07) is -1.83. The molecule has 12 aliphatic rings. The summed E-state index contributed by atoms with van der Waals surface area (Å²) in [6.45, 7) is 6.17. The van der Waals surface area contributed by atoms with Crippen molar-refractivity contribution < 1.29 is 62.3 Å². The van der Waals surface area contributed by atoms with Gasteiger partial charge in [0.2, 0.25) is 0 Å². The maximum atomic E-state index is 13.8. The van der Waals surface area contributed by atoms with E-state index in [1.54, 1.807) is 39.2 Å². The van der Waals surface area contributed by atoms with Gasteiger partial charge in [-0.2, -0.15) is 0 Å². The van der Waals surface area contributed by atoms with Crippen LogP contribution in [0.1, 0.15) is 71.6 Å². The molecule has 12 amide bonds. The lowest BCUT2D eigenvalue weighted by atomic mass is 9.87. The van der Waals surface area contributed by atoms with E-state index in [0.717, 1.165) is 12.8 Å². The highest BCUT2D eigenvalue weighted by atomic mass is 16.6. The Morgan fingerprint density at radius 2 is 0.609 bits per heavy atom. The zero-order chi connectivity index (χ0) is 44.2. The SMILES string of the molecule is CC12N3COCN1C(=O)N1COCN(C3=O)C12CCCCN(CCCCC12N3COCN1C(=O)N1COCN(C3=O)C12C)CCCCC12N3COCN1C(=O)N1COCN(C3=O)C12O. The molecule has 0 radical (unpaired) electrons. The predicted molar refractivity (Wildman–Crippen MR) is 207 cm³/mol. The molecule has 26 nitrogen and oxygen atoms in total. The van der Waals surface area contributed by atoms with Gasteiger partial charge in [-0.25, -0.2) is 28.8 Å². The van der Waals surface area contributed by atoms with Crippen molar-refractivity contribution in [3.63, 3.8) is 0 Å². The average Bonchev–Trinajstić information content (AvgIpc) is 3.93. The Kier molecular flexibility index (Phi) is 8.72. The van der Waals surface area contributed by atoms with Gasteiger partial charge in [-0.15, -0.1) is 0 Å². The molecule has 0 atom stereocenters. The molecule has 12 saturated heterocycles. The van der Waals surface area contributed by atoms with Crippen LogP contribution in [0.5, 0.6) is 0 Å². The molecule has 12 rings (SSSR count). The van der Waals surface area contributed by atoms with Gasteiger partial charge < -0.3 is 38.4 Å². The molecule has 12 fully saturated rings. The van der Waals surface area contributed by atoms with Crippen LogP contribution in [0.3, 0.4) is 0 Å². The van der Waals surface area contributed by atoms with E-state index in [4.69, 9.17) is 28.4 Å². The van der Waals surface area contributed by atoms with Crippen LogP contribution in [-0.2, 0) is 28.4 Å². The number of carbonyl (C=O) groups excluding carboxylic acids is 6. The summed E-state index contributed by atoms with van der Waals surface area (Å²) in [4.78, 5) is 103. The van der Waals surface area contributed by atoms with Crippen LogP contribution in [0.2, 0.25) is 0 Å². The standard InChI is InChI=1S/C38H55N13O13/c1-33-35(44-19-61-20-45(35)28(53)41(33)16-59-15-40(33)27(44)52)9-3-6-12-39(13-7-4-10-36-34(2)42-17-60-18-43(34)30(55)47(36)22-62-21-46(36)29(42)54)14-8-5-11-37-38(58)50-25-64-26-51(38)32(57)49(37)24-63-23-48(37)31(50)56/h58H,3-26H2,1-2H3. The zero-order valence-corrected chi connectivity index (χ0v) is 36.1. The van der Waals surface area contributed by atoms with Crippen LogP contribution in [0.4, 0.5) is 28.8 Å². The van der Waals surface area contributed by atoms with Gasteiger partial charge in [-0.1, -0.05) is 0 Å². The molecule has 0 aliphatic carbocycles. The maximum Gasteiger partial charge on any atom is 0.329 e. The van der Waals surface area contributed by atoms with Gasteiger partial charge in [0.25, 0.3) is 5.85 Å². The van der Waals surface area contributed by atoms with Crippen molar-refractivity contribution >= 4 is 36.2 Å². The molecule has 350 valence electrons. The number of unbranched alkanes of at least 4 members (excludes halogenated alkanes) is 3. The van der Waals surface area contributed by atoms with Gasteiger partial charge in [0.15, 0.2) is 28.3 Å². The number of nitrogens with zero attached hydrogens (tertiary/aromatic N) is 13. The topological polar surface area (TPSA) is 220 Å². The zero-order valence-electron chi connectivity index (χ0n) is 36.1. The summed E-state index contributed by atoms with van der Waals surface area (Å²) in [5.74, 6) is -1.91. The monoisotopic (exact) mass is 901 g/mol. The Hall–Kier alpha value is -4.70. The largest absolute Gasteiger partial charge is 0.350 e. The van der Waals surface area contributed by atoms with Crippen LogP contribution in [-0.4, -0.2) is 240 Å². The second-order valence-electron chi connectivity index (χ2n) is 18.9. The third-order valence-corrected chi connectivity index (χ3v) is 16.8. The van der Waals surface area contributed by atoms with E-state index in [2.05, 4.69) is 4.90 Å². The summed E-state index contributed by atoms with van der Waals surface area (Å²) in [7, 11) is 0. The Labute approximate surface area is 367 Å². The minimum atomic E-state index is -1.91. The lowest BCUT2D eigenvalue weighted by Crippen LogP contribution is -2.71. The molecule has 0 spiro atoms. The highest BCUT2D eigenvalue weighted by Gasteiger charge is 2.82. The number of aliphatic hydroxyl groups is 1. The molecule has 12 heterocycles. The minimum Gasteiger partial charge on any atom is -0.350 e. The Bertz CT molecular complexity index is 1750. The number of rotatable bonds is 15. The number of urea groups is 6. The van der Waals surface area contributed by atoms with Crippen molar-refractivity contribution in [2.45, 2.75) is 106 Å². The van der Waals surface area contributed by atoms with Gasteiger partial charge in [0, 0.05) is 0 Å². The minimum absolute atomic E-state index is 0.0656. The molecule has 12 aliphatic heterocycles. The van der Waals surface area contributed by atoms with Gasteiger partial charge in [-0.05, 0) is 91.3 Å². The number of hydrogen-bond acceptors (Lipinski definition) is 14. The first-order chi connectivity index (χ1) is 30.9. The van der Waals surface area contributed by atoms with E-state index < -0.39 is 46.2 Å². The fraction of sp³-hybridized carbons (Fsp3) is 0.842. The third-order valence-electron chi connectivity index (χ3n) is 16.8.